The van der Waals surface area contributed by atoms with Crippen molar-refractivity contribution in [3.8, 4) is 0 Å². The predicted octanol–water partition coefficient (Wildman–Crippen LogP) is 7.33. The lowest BCUT2D eigenvalue weighted by Crippen LogP contribution is -2.04. The molecule has 11 heteroatoms. The van der Waals surface area contributed by atoms with Gasteiger partial charge in [0, 0.05) is 44.7 Å². The molecular formula is C24H24Br2F4O5. The number of carbonyl (C=O) groups is 3. The number of allylic oxidation sites excluding steroid dienone is 1. The zero-order valence-electron chi connectivity index (χ0n) is 18.5. The van der Waals surface area contributed by atoms with Gasteiger partial charge in [0.05, 0.1) is 6.42 Å². The Morgan fingerprint density at radius 1 is 0.771 bits per heavy atom. The normalized spacial score (nSPS) is 9.89. The van der Waals surface area contributed by atoms with Crippen LogP contribution in [0.5, 0.6) is 0 Å². The smallest absolute Gasteiger partial charge is 0.356 e. The lowest BCUT2D eigenvalue weighted by Gasteiger charge is -2.03. The number of hydrogen-bond acceptors (Lipinski definition) is 5. The summed E-state index contributed by atoms with van der Waals surface area (Å²) in [7, 11) is 0. The Morgan fingerprint density at radius 2 is 1.14 bits per heavy atom. The number of carbonyl (C=O) groups excluding carboxylic acids is 3. The Balaban J connectivity index is 0.000000558. The third-order valence-electron chi connectivity index (χ3n) is 3.60. The summed E-state index contributed by atoms with van der Waals surface area (Å²) in [5.74, 6) is -0.803. The largest absolute Gasteiger partial charge is 0.461 e. The Bertz CT molecular complexity index is 882. The van der Waals surface area contributed by atoms with E-state index in [2.05, 4.69) is 0 Å². The highest BCUT2D eigenvalue weighted by Gasteiger charge is 2.15. The average molecular weight is 628 g/mol. The summed E-state index contributed by atoms with van der Waals surface area (Å²) in [6.45, 7) is 0.458. The van der Waals surface area contributed by atoms with Gasteiger partial charge < -0.3 is 14.3 Å². The van der Waals surface area contributed by atoms with Crippen molar-refractivity contribution in [2.45, 2.75) is 42.6 Å². The SMILES string of the molecule is FC(F)(Br)Br.O=C(CCC=C(F)F)OCc1ccccc1.O=CCCC(=O)OCc1ccccc1. The van der Waals surface area contributed by atoms with Crippen molar-refractivity contribution in [3.05, 3.63) is 83.9 Å². The summed E-state index contributed by atoms with van der Waals surface area (Å²) in [4.78, 5) is 32.1. The maximum absolute atomic E-state index is 11.6. The zero-order valence-corrected chi connectivity index (χ0v) is 21.7. The Morgan fingerprint density at radius 3 is 1.49 bits per heavy atom. The van der Waals surface area contributed by atoms with Crippen molar-refractivity contribution in [2.75, 3.05) is 0 Å². The molecule has 5 nitrogen and oxygen atoms in total. The molecule has 0 unspecified atom stereocenters. The van der Waals surface area contributed by atoms with Crippen LogP contribution in [0.25, 0.3) is 0 Å². The Hall–Kier alpha value is -2.53. The third kappa shape index (κ3) is 24.4. The van der Waals surface area contributed by atoms with Crippen molar-refractivity contribution in [1.29, 1.82) is 0 Å². The van der Waals surface area contributed by atoms with Crippen LogP contribution in [0.1, 0.15) is 36.8 Å². The van der Waals surface area contributed by atoms with E-state index in [1.54, 1.807) is 0 Å². The zero-order chi connectivity index (χ0) is 26.5. The maximum atomic E-state index is 11.6. The van der Waals surface area contributed by atoms with E-state index in [0.29, 0.717) is 12.4 Å². The first-order valence-electron chi connectivity index (χ1n) is 10.1. The van der Waals surface area contributed by atoms with E-state index in [9.17, 15) is 31.9 Å². The molecule has 0 aliphatic rings. The van der Waals surface area contributed by atoms with Gasteiger partial charge in [-0.15, -0.1) is 0 Å². The van der Waals surface area contributed by atoms with Gasteiger partial charge >= 0.3 is 15.7 Å². The molecule has 0 fully saturated rings. The fourth-order valence-electron chi connectivity index (χ4n) is 2.10. The molecule has 192 valence electrons. The van der Waals surface area contributed by atoms with E-state index in [-0.39, 0.29) is 44.9 Å². The summed E-state index contributed by atoms with van der Waals surface area (Å²) in [6, 6.07) is 18.6. The van der Waals surface area contributed by atoms with Gasteiger partial charge in [-0.1, -0.05) is 60.7 Å². The molecule has 0 aliphatic heterocycles. The van der Waals surface area contributed by atoms with Gasteiger partial charge in [0.15, 0.2) is 0 Å². The Kier molecular flexibility index (Phi) is 18.3. The van der Waals surface area contributed by atoms with Crippen LogP contribution in [-0.4, -0.2) is 22.0 Å². The average Bonchev–Trinajstić information content (AvgIpc) is 2.80. The number of aldehydes is 1. The molecular weight excluding hydrogens is 604 g/mol. The maximum Gasteiger partial charge on any atom is 0.356 e. The van der Waals surface area contributed by atoms with Crippen LogP contribution in [0.2, 0.25) is 0 Å². The topological polar surface area (TPSA) is 69.7 Å². The van der Waals surface area contributed by atoms with Crippen LogP contribution in [0, 0.1) is 0 Å². The van der Waals surface area contributed by atoms with Crippen molar-refractivity contribution in [3.63, 3.8) is 0 Å². The first-order valence-corrected chi connectivity index (χ1v) is 11.7. The molecule has 0 heterocycles. The minimum Gasteiger partial charge on any atom is -0.461 e. The fraction of sp³-hybridized carbons (Fsp3) is 0.292. The van der Waals surface area contributed by atoms with E-state index >= 15 is 0 Å². The molecule has 0 saturated heterocycles. The van der Waals surface area contributed by atoms with E-state index in [1.807, 2.05) is 92.5 Å². The molecule has 0 aromatic heterocycles. The van der Waals surface area contributed by atoms with E-state index in [1.165, 1.54) is 0 Å². The molecule has 0 aliphatic carbocycles. The van der Waals surface area contributed by atoms with Gasteiger partial charge in [-0.3, -0.25) is 9.59 Å². The minimum atomic E-state index is -2.88. The number of hydrogen-bond donors (Lipinski definition) is 0. The molecule has 0 amide bonds. The molecule has 0 spiro atoms. The fourth-order valence-corrected chi connectivity index (χ4v) is 2.10. The second-order valence-electron chi connectivity index (χ2n) is 6.46. The molecule has 2 rings (SSSR count). The minimum absolute atomic E-state index is 0.00988. The van der Waals surface area contributed by atoms with Gasteiger partial charge in [0.2, 0.25) is 0 Å². The monoisotopic (exact) mass is 626 g/mol. The lowest BCUT2D eigenvalue weighted by atomic mass is 10.2. The van der Waals surface area contributed by atoms with Gasteiger partial charge in [-0.2, -0.15) is 17.6 Å². The highest BCUT2D eigenvalue weighted by atomic mass is 79.9. The van der Waals surface area contributed by atoms with Gasteiger partial charge in [0.25, 0.3) is 6.08 Å². The van der Waals surface area contributed by atoms with Gasteiger partial charge in [-0.05, 0) is 23.6 Å². The summed E-state index contributed by atoms with van der Waals surface area (Å²) in [5, 5.41) is 0. The van der Waals surface area contributed by atoms with E-state index in [0.717, 1.165) is 11.1 Å². The highest BCUT2D eigenvalue weighted by molar-refractivity contribution is 9.25. The second-order valence-corrected chi connectivity index (χ2v) is 9.51. The molecule has 0 radical (unpaired) electrons. The third-order valence-corrected chi connectivity index (χ3v) is 3.60. The number of rotatable bonds is 10. The summed E-state index contributed by atoms with van der Waals surface area (Å²) in [6.07, 6.45) is 0.0355. The van der Waals surface area contributed by atoms with E-state index in [4.69, 9.17) is 9.47 Å². The number of alkyl halides is 4. The number of ether oxygens (including phenoxy) is 2. The highest BCUT2D eigenvalue weighted by Crippen LogP contribution is 2.28. The Labute approximate surface area is 217 Å². The molecule has 35 heavy (non-hydrogen) atoms. The summed E-state index contributed by atoms with van der Waals surface area (Å²) < 4.78 is 52.0. The van der Waals surface area contributed by atoms with Crippen LogP contribution < -0.4 is 0 Å². The van der Waals surface area contributed by atoms with Crippen molar-refractivity contribution < 1.29 is 41.4 Å². The summed E-state index contributed by atoms with van der Waals surface area (Å²) in [5.41, 5.74) is 1.83. The summed E-state index contributed by atoms with van der Waals surface area (Å²) >= 11 is 3.92. The van der Waals surface area contributed by atoms with Crippen LogP contribution in [0.3, 0.4) is 0 Å². The molecule has 0 N–H and O–H groups in total. The van der Waals surface area contributed by atoms with E-state index < -0.39 is 15.8 Å². The van der Waals surface area contributed by atoms with Crippen LogP contribution >= 0.6 is 31.9 Å². The first kappa shape index (κ1) is 32.5. The lowest BCUT2D eigenvalue weighted by molar-refractivity contribution is -0.146. The van der Waals surface area contributed by atoms with Crippen LogP contribution in [0.15, 0.2) is 72.8 Å². The number of halogens is 6. The standard InChI is InChI=1S/C12H12F2O2.C11H12O3.CBr2F2/c13-11(14)7-4-8-12(15)16-9-10-5-2-1-3-6-10;12-8-4-7-11(13)14-9-10-5-2-1-3-6-10;2-1(3,4)5/h1-3,5-7H,4,8-9H2;1-3,5-6,8H,4,7,9H2;. The number of benzene rings is 2. The van der Waals surface area contributed by atoms with Crippen molar-refractivity contribution in [1.82, 2.24) is 0 Å². The van der Waals surface area contributed by atoms with Gasteiger partial charge in [-0.25, -0.2) is 0 Å². The van der Waals surface area contributed by atoms with Crippen molar-refractivity contribution in [2.24, 2.45) is 0 Å². The van der Waals surface area contributed by atoms with Gasteiger partial charge in [0.1, 0.15) is 19.5 Å². The van der Waals surface area contributed by atoms with Crippen molar-refractivity contribution >= 4 is 50.1 Å². The first-order chi connectivity index (χ1) is 16.5. The second kappa shape index (κ2) is 19.7. The molecule has 2 aromatic rings. The molecule has 0 saturated carbocycles. The molecule has 0 atom stereocenters. The van der Waals surface area contributed by atoms with Crippen LogP contribution in [-0.2, 0) is 37.1 Å². The van der Waals surface area contributed by atoms with Crippen LogP contribution in [0.4, 0.5) is 17.6 Å². The predicted molar refractivity (Wildman–Crippen MR) is 130 cm³/mol. The molecule has 0 bridgehead atoms. The number of esters is 2. The quantitative estimate of drug-likeness (QED) is 0.119. The molecule has 2 aromatic carbocycles.